The molecule has 1 aliphatic rings. The average Bonchev–Trinajstić information content (AvgIpc) is 2.67. The predicted octanol–water partition coefficient (Wildman–Crippen LogP) is 5.37. The highest BCUT2D eigenvalue weighted by Gasteiger charge is 2.37. The lowest BCUT2D eigenvalue weighted by Gasteiger charge is -2.35. The van der Waals surface area contributed by atoms with Crippen molar-refractivity contribution in [2.45, 2.75) is 13.1 Å². The number of hydrogen-bond acceptors (Lipinski definition) is 2. The van der Waals surface area contributed by atoms with Crippen LogP contribution in [0.1, 0.15) is 0 Å². The number of benzene rings is 3. The van der Waals surface area contributed by atoms with E-state index in [4.69, 9.17) is 4.43 Å². The molecule has 1 aromatic heterocycles. The number of rotatable bonds is 1. The molecule has 1 aliphatic heterocycles. The lowest BCUT2D eigenvalue weighted by Crippen LogP contribution is -2.51. The van der Waals surface area contributed by atoms with Gasteiger partial charge < -0.3 is 4.43 Å². The molecule has 5 rings (SSSR count). The Balaban J connectivity index is 1.88. The van der Waals surface area contributed by atoms with Crippen molar-refractivity contribution in [3.8, 4) is 28.1 Å². The minimum Gasteiger partial charge on any atom is -0.539 e. The molecule has 0 saturated heterocycles. The van der Waals surface area contributed by atoms with Gasteiger partial charge in [-0.1, -0.05) is 54.6 Å². The number of pyridine rings is 1. The third kappa shape index (κ3) is 2.21. The Morgan fingerprint density at radius 1 is 0.769 bits per heavy atom. The molecule has 0 N–H and O–H groups in total. The molecule has 4 aromatic rings. The van der Waals surface area contributed by atoms with Crippen LogP contribution in [0, 0.1) is 0 Å². The molecule has 0 atom stereocenters. The summed E-state index contributed by atoms with van der Waals surface area (Å²) < 4.78 is 6.68. The molecule has 0 spiro atoms. The number of para-hydroxylation sites is 1. The third-order valence-electron chi connectivity index (χ3n) is 5.16. The van der Waals surface area contributed by atoms with E-state index in [9.17, 15) is 0 Å². The van der Waals surface area contributed by atoms with Gasteiger partial charge in [-0.3, -0.25) is 4.98 Å². The van der Waals surface area contributed by atoms with E-state index in [0.717, 1.165) is 17.0 Å². The molecule has 0 unspecified atom stereocenters. The second-order valence-corrected chi connectivity index (χ2v) is 11.0. The van der Waals surface area contributed by atoms with Crippen LogP contribution >= 0.6 is 0 Å². The molecule has 0 fully saturated rings. The van der Waals surface area contributed by atoms with Crippen molar-refractivity contribution in [3.05, 3.63) is 79.0 Å². The molecule has 2 nitrogen and oxygen atoms in total. The van der Waals surface area contributed by atoms with Crippen molar-refractivity contribution >= 4 is 24.3 Å². The maximum absolute atomic E-state index is 6.68. The first kappa shape index (κ1) is 15.4. The predicted molar refractivity (Wildman–Crippen MR) is 110 cm³/mol. The van der Waals surface area contributed by atoms with Gasteiger partial charge in [-0.05, 0) is 52.8 Å². The lowest BCUT2D eigenvalue weighted by molar-refractivity contribution is 0.564. The molecular formula is C23H19NOSi. The zero-order chi connectivity index (χ0) is 17.7. The molecule has 0 radical (unpaired) electrons. The van der Waals surface area contributed by atoms with Crippen LogP contribution in [0.2, 0.25) is 13.1 Å². The van der Waals surface area contributed by atoms with Crippen LogP contribution in [-0.2, 0) is 0 Å². The molecule has 0 aliphatic carbocycles. The van der Waals surface area contributed by atoms with Gasteiger partial charge in [-0.15, -0.1) is 0 Å². The molecule has 126 valence electrons. The Morgan fingerprint density at radius 2 is 1.58 bits per heavy atom. The van der Waals surface area contributed by atoms with E-state index in [0.29, 0.717) is 0 Å². The minimum absolute atomic E-state index is 0.956. The zero-order valence-corrected chi connectivity index (χ0v) is 15.9. The van der Waals surface area contributed by atoms with E-state index in [-0.39, 0.29) is 0 Å². The van der Waals surface area contributed by atoms with Gasteiger partial charge in [0.05, 0.1) is 5.69 Å². The number of fused-ring (bicyclic) bond motifs is 5. The highest BCUT2D eigenvalue weighted by Crippen LogP contribution is 2.44. The maximum Gasteiger partial charge on any atom is 0.277 e. The van der Waals surface area contributed by atoms with Crippen molar-refractivity contribution in [2.24, 2.45) is 0 Å². The molecule has 0 saturated carbocycles. The Hall–Kier alpha value is -2.91. The van der Waals surface area contributed by atoms with Crippen molar-refractivity contribution < 1.29 is 4.43 Å². The Labute approximate surface area is 154 Å². The van der Waals surface area contributed by atoms with E-state index in [1.807, 2.05) is 24.4 Å². The second kappa shape index (κ2) is 5.54. The first-order valence-corrected chi connectivity index (χ1v) is 11.8. The Bertz CT molecular complexity index is 1140. The molecule has 0 amide bonds. The van der Waals surface area contributed by atoms with Crippen LogP contribution in [0.4, 0.5) is 0 Å². The van der Waals surface area contributed by atoms with Gasteiger partial charge >= 0.3 is 0 Å². The fourth-order valence-electron chi connectivity index (χ4n) is 3.94. The summed E-state index contributed by atoms with van der Waals surface area (Å²) in [5.41, 5.74) is 4.53. The normalized spacial score (nSPS) is 14.4. The van der Waals surface area contributed by atoms with Gasteiger partial charge in [0, 0.05) is 17.3 Å². The topological polar surface area (TPSA) is 22.1 Å². The van der Waals surface area contributed by atoms with E-state index >= 15 is 0 Å². The van der Waals surface area contributed by atoms with Crippen molar-refractivity contribution in [2.75, 3.05) is 0 Å². The molecule has 3 aromatic carbocycles. The zero-order valence-electron chi connectivity index (χ0n) is 14.9. The van der Waals surface area contributed by atoms with Crippen LogP contribution in [-0.4, -0.2) is 13.3 Å². The van der Waals surface area contributed by atoms with Gasteiger partial charge in [-0.25, -0.2) is 0 Å². The summed E-state index contributed by atoms with van der Waals surface area (Å²) in [4.78, 5) is 4.56. The molecular weight excluding hydrogens is 334 g/mol. The second-order valence-electron chi connectivity index (χ2n) is 7.22. The summed E-state index contributed by atoms with van der Waals surface area (Å²) in [6, 6.07) is 25.5. The van der Waals surface area contributed by atoms with Gasteiger partial charge in [0.25, 0.3) is 8.32 Å². The van der Waals surface area contributed by atoms with E-state index in [2.05, 4.69) is 72.7 Å². The number of hydrogen-bond donors (Lipinski definition) is 0. The molecule has 2 heterocycles. The summed E-state index contributed by atoms with van der Waals surface area (Å²) in [6.45, 7) is 4.55. The standard InChI is InChI=1S/C23H19NOSi/c1-26(2)21-14-13-16-8-3-4-9-17(16)22(21)19-11-7-10-18(23(19)25-26)20-12-5-6-15-24-20/h3-15H,1-2H3. The average molecular weight is 353 g/mol. The van der Waals surface area contributed by atoms with Crippen LogP contribution in [0.25, 0.3) is 33.2 Å². The first-order chi connectivity index (χ1) is 12.6. The molecule has 26 heavy (non-hydrogen) atoms. The van der Waals surface area contributed by atoms with Crippen molar-refractivity contribution in [3.63, 3.8) is 0 Å². The molecule has 0 bridgehead atoms. The smallest absolute Gasteiger partial charge is 0.277 e. The van der Waals surface area contributed by atoms with E-state index in [1.54, 1.807) is 0 Å². The lowest BCUT2D eigenvalue weighted by atomic mass is 9.95. The monoisotopic (exact) mass is 353 g/mol. The quantitative estimate of drug-likeness (QED) is 0.429. The third-order valence-corrected chi connectivity index (χ3v) is 7.59. The van der Waals surface area contributed by atoms with Crippen LogP contribution < -0.4 is 9.61 Å². The van der Waals surface area contributed by atoms with Crippen molar-refractivity contribution in [1.29, 1.82) is 0 Å². The van der Waals surface area contributed by atoms with Crippen LogP contribution in [0.15, 0.2) is 79.0 Å². The van der Waals surface area contributed by atoms with Gasteiger partial charge in [0.2, 0.25) is 0 Å². The summed E-state index contributed by atoms with van der Waals surface area (Å²) in [7, 11) is -2.07. The Kier molecular flexibility index (Phi) is 3.27. The highest BCUT2D eigenvalue weighted by atomic mass is 28.4. The number of aromatic nitrogens is 1. The van der Waals surface area contributed by atoms with Crippen LogP contribution in [0.3, 0.4) is 0 Å². The fraction of sp³-hybridized carbons (Fsp3) is 0.0870. The summed E-state index contributed by atoms with van der Waals surface area (Å²) in [5.74, 6) is 0.978. The number of nitrogens with zero attached hydrogens (tertiary/aromatic N) is 1. The summed E-state index contributed by atoms with van der Waals surface area (Å²) in [6.07, 6.45) is 1.84. The minimum atomic E-state index is -2.07. The first-order valence-electron chi connectivity index (χ1n) is 8.91. The van der Waals surface area contributed by atoms with E-state index < -0.39 is 8.32 Å². The Morgan fingerprint density at radius 3 is 2.42 bits per heavy atom. The summed E-state index contributed by atoms with van der Waals surface area (Å²) in [5, 5.41) is 3.93. The highest BCUT2D eigenvalue weighted by molar-refractivity contribution is 6.87. The van der Waals surface area contributed by atoms with Crippen LogP contribution in [0.5, 0.6) is 5.75 Å². The maximum atomic E-state index is 6.68. The SMILES string of the molecule is C[Si]1(C)Oc2c(-c3ccccn3)cccc2-c2c1ccc1ccccc21. The van der Waals surface area contributed by atoms with Crippen molar-refractivity contribution in [1.82, 2.24) is 4.98 Å². The van der Waals surface area contributed by atoms with E-state index in [1.165, 1.54) is 27.1 Å². The fourth-order valence-corrected chi connectivity index (χ4v) is 6.14. The summed E-state index contributed by atoms with van der Waals surface area (Å²) >= 11 is 0. The van der Waals surface area contributed by atoms with Gasteiger partial charge in [0.15, 0.2) is 0 Å². The molecule has 3 heteroatoms. The largest absolute Gasteiger partial charge is 0.539 e. The van der Waals surface area contributed by atoms with Gasteiger partial charge in [0.1, 0.15) is 5.75 Å². The van der Waals surface area contributed by atoms with Gasteiger partial charge in [-0.2, -0.15) is 0 Å².